The van der Waals surface area contributed by atoms with Crippen LogP contribution >= 0.6 is 11.6 Å². The molecule has 2 atom stereocenters. The predicted octanol–water partition coefficient (Wildman–Crippen LogP) is 4.30. The first-order chi connectivity index (χ1) is 12.6. The lowest BCUT2D eigenvalue weighted by atomic mass is 9.98. The van der Waals surface area contributed by atoms with Gasteiger partial charge in [0, 0.05) is 16.9 Å². The number of benzene rings is 1. The van der Waals surface area contributed by atoms with E-state index in [9.17, 15) is 14.4 Å². The molecule has 1 aliphatic rings. The summed E-state index contributed by atoms with van der Waals surface area (Å²) in [6.45, 7) is 6.46. The van der Waals surface area contributed by atoms with Crippen LogP contribution < -0.4 is 0 Å². The molecule has 0 radical (unpaired) electrons. The van der Waals surface area contributed by atoms with E-state index in [1.807, 2.05) is 6.07 Å². The average molecular weight is 393 g/mol. The lowest BCUT2D eigenvalue weighted by Crippen LogP contribution is -2.25. The molecule has 1 heterocycles. The van der Waals surface area contributed by atoms with Gasteiger partial charge in [-0.1, -0.05) is 11.6 Å². The number of ketones is 1. The molecule has 1 saturated carbocycles. The standard InChI is InChI=1S/C20H21ClO6/c1-10-5-14-15(21)6-11(7-16(14)27-10)17(22)12-8-13(12)18(23)25-9-26-19(24)20(2,3)4/h5-7,12-13H,8-9H2,1-4H3. The van der Waals surface area contributed by atoms with Crippen molar-refractivity contribution in [2.24, 2.45) is 17.3 Å². The average Bonchev–Trinajstić information content (AvgIpc) is 3.28. The van der Waals surface area contributed by atoms with Crippen LogP contribution in [0.25, 0.3) is 11.0 Å². The fourth-order valence-electron chi connectivity index (χ4n) is 2.79. The van der Waals surface area contributed by atoms with Gasteiger partial charge in [0.05, 0.1) is 16.4 Å². The Kier molecular flexibility index (Phi) is 5.04. The zero-order chi connectivity index (χ0) is 19.9. The number of furan rings is 1. The minimum absolute atomic E-state index is 0.179. The second kappa shape index (κ2) is 7.00. The van der Waals surface area contributed by atoms with E-state index in [1.54, 1.807) is 39.8 Å². The number of rotatable bonds is 5. The number of halogens is 1. The third-order valence-corrected chi connectivity index (χ3v) is 4.74. The second-order valence-electron chi connectivity index (χ2n) is 7.80. The number of aryl methyl sites for hydroxylation is 1. The van der Waals surface area contributed by atoms with Gasteiger partial charge in [-0.2, -0.15) is 0 Å². The fraction of sp³-hybridized carbons (Fsp3) is 0.450. The topological polar surface area (TPSA) is 82.8 Å². The number of ether oxygens (including phenoxy) is 2. The van der Waals surface area contributed by atoms with Crippen LogP contribution in [0.3, 0.4) is 0 Å². The Morgan fingerprint density at radius 1 is 1.15 bits per heavy atom. The van der Waals surface area contributed by atoms with Gasteiger partial charge in [-0.3, -0.25) is 14.4 Å². The largest absolute Gasteiger partial charge is 0.461 e. The lowest BCUT2D eigenvalue weighted by Gasteiger charge is -2.16. The van der Waals surface area contributed by atoms with Gasteiger partial charge in [0.25, 0.3) is 0 Å². The molecular weight excluding hydrogens is 372 g/mol. The van der Waals surface area contributed by atoms with E-state index in [4.69, 9.17) is 25.5 Å². The molecule has 2 unspecified atom stereocenters. The van der Waals surface area contributed by atoms with Crippen molar-refractivity contribution in [3.8, 4) is 0 Å². The quantitative estimate of drug-likeness (QED) is 0.428. The second-order valence-corrected chi connectivity index (χ2v) is 8.21. The van der Waals surface area contributed by atoms with E-state index < -0.39 is 36.0 Å². The highest BCUT2D eigenvalue weighted by molar-refractivity contribution is 6.35. The highest BCUT2D eigenvalue weighted by Gasteiger charge is 2.49. The summed E-state index contributed by atoms with van der Waals surface area (Å²) in [5, 5.41) is 1.18. The van der Waals surface area contributed by atoms with E-state index in [-0.39, 0.29) is 5.78 Å². The molecule has 27 heavy (non-hydrogen) atoms. The summed E-state index contributed by atoms with van der Waals surface area (Å²) in [6.07, 6.45) is 0.401. The molecule has 0 spiro atoms. The van der Waals surface area contributed by atoms with Crippen LogP contribution in [0, 0.1) is 24.2 Å². The first-order valence-corrected chi connectivity index (χ1v) is 9.03. The summed E-state index contributed by atoms with van der Waals surface area (Å²) < 4.78 is 15.4. The Hall–Kier alpha value is -2.34. The van der Waals surface area contributed by atoms with Crippen LogP contribution in [-0.4, -0.2) is 24.5 Å². The summed E-state index contributed by atoms with van der Waals surface area (Å²) in [6, 6.07) is 5.04. The third-order valence-electron chi connectivity index (χ3n) is 4.43. The Labute approximate surface area is 161 Å². The van der Waals surface area contributed by atoms with Gasteiger partial charge in [0.2, 0.25) is 6.79 Å². The van der Waals surface area contributed by atoms with Crippen LogP contribution in [0.2, 0.25) is 5.02 Å². The molecule has 2 aromatic rings. The molecule has 1 aliphatic carbocycles. The van der Waals surface area contributed by atoms with Gasteiger partial charge >= 0.3 is 11.9 Å². The van der Waals surface area contributed by atoms with Gasteiger partial charge in [-0.05, 0) is 52.3 Å². The smallest absolute Gasteiger partial charge is 0.314 e. The first kappa shape index (κ1) is 19.4. The van der Waals surface area contributed by atoms with Crippen molar-refractivity contribution in [3.05, 3.63) is 34.5 Å². The third kappa shape index (κ3) is 4.16. The van der Waals surface area contributed by atoms with Gasteiger partial charge in [0.15, 0.2) is 5.78 Å². The maximum absolute atomic E-state index is 12.6. The number of esters is 2. The maximum atomic E-state index is 12.6. The lowest BCUT2D eigenvalue weighted by molar-refractivity contribution is -0.174. The predicted molar refractivity (Wildman–Crippen MR) is 98.4 cm³/mol. The van der Waals surface area contributed by atoms with Gasteiger partial charge in [-0.25, -0.2) is 0 Å². The zero-order valence-corrected chi connectivity index (χ0v) is 16.4. The van der Waals surface area contributed by atoms with Gasteiger partial charge in [0.1, 0.15) is 11.3 Å². The molecule has 0 bridgehead atoms. The van der Waals surface area contributed by atoms with Gasteiger partial charge < -0.3 is 13.9 Å². The van der Waals surface area contributed by atoms with Crippen molar-refractivity contribution in [3.63, 3.8) is 0 Å². The Bertz CT molecular complexity index is 920. The van der Waals surface area contributed by atoms with E-state index in [0.29, 0.717) is 28.4 Å². The van der Waals surface area contributed by atoms with Gasteiger partial charge in [-0.15, -0.1) is 0 Å². The van der Waals surface area contributed by atoms with Crippen molar-refractivity contribution in [1.82, 2.24) is 0 Å². The Morgan fingerprint density at radius 3 is 2.52 bits per heavy atom. The molecule has 7 heteroatoms. The van der Waals surface area contributed by atoms with Crippen molar-refractivity contribution >= 4 is 40.3 Å². The number of carbonyl (C=O) groups is 3. The van der Waals surface area contributed by atoms with E-state index in [1.165, 1.54) is 0 Å². The molecule has 0 aliphatic heterocycles. The Balaban J connectivity index is 1.59. The number of hydrogen-bond donors (Lipinski definition) is 0. The van der Waals surface area contributed by atoms with Crippen LogP contribution in [-0.2, 0) is 19.1 Å². The molecule has 1 aromatic carbocycles. The highest BCUT2D eigenvalue weighted by Crippen LogP contribution is 2.43. The van der Waals surface area contributed by atoms with Crippen molar-refractivity contribution < 1.29 is 28.3 Å². The fourth-order valence-corrected chi connectivity index (χ4v) is 3.05. The number of Topliss-reactive ketones (excluding diaryl/α,β-unsaturated/α-hetero) is 1. The monoisotopic (exact) mass is 392 g/mol. The SMILES string of the molecule is Cc1cc2c(Cl)cc(C(=O)C3CC3C(=O)OCOC(=O)C(C)(C)C)cc2o1. The molecular formula is C20H21ClO6. The van der Waals surface area contributed by atoms with Crippen molar-refractivity contribution in [2.75, 3.05) is 6.79 Å². The molecule has 6 nitrogen and oxygen atoms in total. The number of carbonyl (C=O) groups excluding carboxylic acids is 3. The zero-order valence-electron chi connectivity index (χ0n) is 15.6. The molecule has 1 fully saturated rings. The molecule has 0 saturated heterocycles. The van der Waals surface area contributed by atoms with E-state index in [2.05, 4.69) is 0 Å². The molecule has 0 amide bonds. The molecule has 3 rings (SSSR count). The Morgan fingerprint density at radius 2 is 1.85 bits per heavy atom. The van der Waals surface area contributed by atoms with E-state index >= 15 is 0 Å². The van der Waals surface area contributed by atoms with Crippen LogP contribution in [0.5, 0.6) is 0 Å². The number of hydrogen-bond acceptors (Lipinski definition) is 6. The highest BCUT2D eigenvalue weighted by atomic mass is 35.5. The van der Waals surface area contributed by atoms with Crippen LogP contribution in [0.15, 0.2) is 22.6 Å². The number of fused-ring (bicyclic) bond motifs is 1. The minimum atomic E-state index is -0.674. The summed E-state index contributed by atoms with van der Waals surface area (Å²) in [5.74, 6) is -1.47. The van der Waals surface area contributed by atoms with E-state index in [0.717, 1.165) is 5.39 Å². The minimum Gasteiger partial charge on any atom is -0.461 e. The molecule has 144 valence electrons. The summed E-state index contributed by atoms with van der Waals surface area (Å²) in [7, 11) is 0. The summed E-state index contributed by atoms with van der Waals surface area (Å²) in [5.41, 5.74) is 0.269. The molecule has 1 aromatic heterocycles. The van der Waals surface area contributed by atoms with Crippen molar-refractivity contribution in [1.29, 1.82) is 0 Å². The van der Waals surface area contributed by atoms with Crippen molar-refractivity contribution in [2.45, 2.75) is 34.1 Å². The summed E-state index contributed by atoms with van der Waals surface area (Å²) in [4.78, 5) is 36.3. The molecule has 0 N–H and O–H groups in total. The normalized spacial score (nSPS) is 19.0. The first-order valence-electron chi connectivity index (χ1n) is 8.65. The van der Waals surface area contributed by atoms with Crippen LogP contribution in [0.4, 0.5) is 0 Å². The maximum Gasteiger partial charge on any atom is 0.314 e. The van der Waals surface area contributed by atoms with Crippen LogP contribution in [0.1, 0.15) is 43.3 Å². The summed E-state index contributed by atoms with van der Waals surface area (Å²) >= 11 is 6.23.